The smallest absolute Gasteiger partial charge is 0.232 e. The molecule has 0 aliphatic heterocycles. The van der Waals surface area contributed by atoms with Crippen molar-refractivity contribution in [1.29, 1.82) is 0 Å². The molecule has 4 heteroatoms. The fourth-order valence-electron chi connectivity index (χ4n) is 0.795. The summed E-state index contributed by atoms with van der Waals surface area (Å²) in [6.45, 7) is 7.21. The zero-order valence-corrected chi connectivity index (χ0v) is 7.18. The molecular weight excluding hydrogens is 166 g/mol. The van der Waals surface area contributed by atoms with E-state index < -0.39 is 0 Å². The van der Waals surface area contributed by atoms with Crippen LogP contribution in [0.25, 0.3) is 4.85 Å². The number of nitrogens with zero attached hydrogens (tertiary/aromatic N) is 2. The van der Waals surface area contributed by atoms with Crippen molar-refractivity contribution in [2.75, 3.05) is 13.2 Å². The standard InChI is InChI=1S/C9H11N3O/c1-11-6-8(10)7-13-9-4-2-3-5-12-9/h2-5,8H,6-7,10H2/t8-/m1/s1. The molecule has 1 aromatic heterocycles. The first kappa shape index (κ1) is 9.49. The monoisotopic (exact) mass is 177 g/mol. The van der Waals surface area contributed by atoms with Crippen LogP contribution in [0.2, 0.25) is 0 Å². The molecule has 0 radical (unpaired) electrons. The Morgan fingerprint density at radius 2 is 2.46 bits per heavy atom. The van der Waals surface area contributed by atoms with Crippen LogP contribution in [0, 0.1) is 6.57 Å². The summed E-state index contributed by atoms with van der Waals surface area (Å²) in [4.78, 5) is 7.13. The minimum absolute atomic E-state index is 0.237. The summed E-state index contributed by atoms with van der Waals surface area (Å²) < 4.78 is 5.24. The quantitative estimate of drug-likeness (QED) is 0.689. The van der Waals surface area contributed by atoms with Gasteiger partial charge in [-0.1, -0.05) is 6.07 Å². The molecule has 0 unspecified atom stereocenters. The highest BCUT2D eigenvalue weighted by molar-refractivity contribution is 5.09. The van der Waals surface area contributed by atoms with E-state index in [-0.39, 0.29) is 12.6 Å². The zero-order chi connectivity index (χ0) is 9.52. The molecule has 0 saturated carbocycles. The van der Waals surface area contributed by atoms with Gasteiger partial charge in [-0.2, -0.15) is 0 Å². The van der Waals surface area contributed by atoms with Crippen LogP contribution in [0.4, 0.5) is 0 Å². The maximum Gasteiger partial charge on any atom is 0.232 e. The number of ether oxygens (including phenoxy) is 1. The molecule has 0 saturated heterocycles. The number of hydrogen-bond acceptors (Lipinski definition) is 3. The van der Waals surface area contributed by atoms with Crippen molar-refractivity contribution in [3.8, 4) is 5.88 Å². The van der Waals surface area contributed by atoms with Gasteiger partial charge in [0.2, 0.25) is 12.4 Å². The summed E-state index contributed by atoms with van der Waals surface area (Å²) in [6, 6.07) is 5.17. The second-order valence-electron chi connectivity index (χ2n) is 2.58. The summed E-state index contributed by atoms with van der Waals surface area (Å²) in [6.07, 6.45) is 1.65. The Morgan fingerprint density at radius 3 is 3.08 bits per heavy atom. The van der Waals surface area contributed by atoms with Crippen LogP contribution in [0.1, 0.15) is 0 Å². The lowest BCUT2D eigenvalue weighted by molar-refractivity contribution is 0.284. The van der Waals surface area contributed by atoms with Crippen molar-refractivity contribution < 1.29 is 4.74 Å². The predicted octanol–water partition coefficient (Wildman–Crippen LogP) is 0.707. The van der Waals surface area contributed by atoms with Crippen LogP contribution in [0.5, 0.6) is 5.88 Å². The average molecular weight is 177 g/mol. The molecule has 68 valence electrons. The molecule has 0 amide bonds. The van der Waals surface area contributed by atoms with Crippen molar-refractivity contribution in [1.82, 2.24) is 4.98 Å². The average Bonchev–Trinajstić information content (AvgIpc) is 2.17. The van der Waals surface area contributed by atoms with E-state index in [0.29, 0.717) is 12.5 Å². The summed E-state index contributed by atoms with van der Waals surface area (Å²) in [7, 11) is 0. The number of aromatic nitrogens is 1. The third-order valence-electron chi connectivity index (χ3n) is 1.41. The van der Waals surface area contributed by atoms with Crippen LogP contribution in [0.3, 0.4) is 0 Å². The maximum atomic E-state index is 6.59. The highest BCUT2D eigenvalue weighted by Crippen LogP contribution is 2.02. The Hall–Kier alpha value is -1.60. The van der Waals surface area contributed by atoms with Gasteiger partial charge in [0.15, 0.2) is 0 Å². The maximum absolute atomic E-state index is 6.59. The Labute approximate surface area is 77.2 Å². The van der Waals surface area contributed by atoms with Gasteiger partial charge in [0, 0.05) is 12.3 Å². The van der Waals surface area contributed by atoms with E-state index in [4.69, 9.17) is 17.0 Å². The Kier molecular flexibility index (Phi) is 3.74. The molecule has 1 aromatic rings. The van der Waals surface area contributed by atoms with Gasteiger partial charge in [0.05, 0.1) is 0 Å². The fraction of sp³-hybridized carbons (Fsp3) is 0.333. The molecule has 0 aliphatic rings. The lowest BCUT2D eigenvalue weighted by Crippen LogP contribution is -2.30. The zero-order valence-electron chi connectivity index (χ0n) is 7.18. The van der Waals surface area contributed by atoms with Gasteiger partial charge in [-0.25, -0.2) is 11.6 Å². The number of nitrogens with two attached hydrogens (primary N) is 1. The topological polar surface area (TPSA) is 52.5 Å². The van der Waals surface area contributed by atoms with Gasteiger partial charge in [-0.3, -0.25) is 0 Å². The first-order valence-electron chi connectivity index (χ1n) is 3.95. The molecule has 0 fully saturated rings. The molecule has 2 N–H and O–H groups in total. The molecule has 1 rings (SSSR count). The Balaban J connectivity index is 2.32. The molecule has 0 aromatic carbocycles. The molecule has 13 heavy (non-hydrogen) atoms. The highest BCUT2D eigenvalue weighted by Gasteiger charge is 2.05. The van der Waals surface area contributed by atoms with Crippen LogP contribution >= 0.6 is 0 Å². The van der Waals surface area contributed by atoms with Gasteiger partial charge in [-0.05, 0) is 6.07 Å². The van der Waals surface area contributed by atoms with Crippen molar-refractivity contribution in [3.63, 3.8) is 0 Å². The second kappa shape index (κ2) is 5.12. The van der Waals surface area contributed by atoms with E-state index in [0.717, 1.165) is 0 Å². The van der Waals surface area contributed by atoms with E-state index in [1.54, 1.807) is 12.3 Å². The third kappa shape index (κ3) is 3.54. The van der Waals surface area contributed by atoms with Gasteiger partial charge in [0.25, 0.3) is 0 Å². The summed E-state index contributed by atoms with van der Waals surface area (Å²) in [5.74, 6) is 0.544. The normalized spacial score (nSPS) is 11.7. The van der Waals surface area contributed by atoms with E-state index >= 15 is 0 Å². The van der Waals surface area contributed by atoms with Crippen molar-refractivity contribution in [2.24, 2.45) is 5.73 Å². The van der Waals surface area contributed by atoms with Crippen molar-refractivity contribution in [2.45, 2.75) is 6.04 Å². The van der Waals surface area contributed by atoms with Crippen molar-refractivity contribution >= 4 is 0 Å². The van der Waals surface area contributed by atoms with Gasteiger partial charge in [-0.15, -0.1) is 0 Å². The summed E-state index contributed by atoms with van der Waals surface area (Å²) in [5.41, 5.74) is 5.57. The molecule has 0 spiro atoms. The molecule has 0 aliphatic carbocycles. The fourth-order valence-corrected chi connectivity index (χ4v) is 0.795. The van der Waals surface area contributed by atoms with E-state index in [2.05, 4.69) is 9.83 Å². The third-order valence-corrected chi connectivity index (χ3v) is 1.41. The molecule has 4 nitrogen and oxygen atoms in total. The van der Waals surface area contributed by atoms with Gasteiger partial charge >= 0.3 is 0 Å². The van der Waals surface area contributed by atoms with Gasteiger partial charge in [0.1, 0.15) is 12.6 Å². The minimum atomic E-state index is -0.237. The first-order valence-corrected chi connectivity index (χ1v) is 3.95. The predicted molar refractivity (Wildman–Crippen MR) is 49.2 cm³/mol. The largest absolute Gasteiger partial charge is 0.476 e. The highest BCUT2D eigenvalue weighted by atomic mass is 16.5. The number of rotatable bonds is 4. The van der Waals surface area contributed by atoms with Crippen LogP contribution in [-0.2, 0) is 0 Å². The molecule has 0 bridgehead atoms. The number of pyridine rings is 1. The SMILES string of the molecule is [C-]#[N+]C[C@@H](N)COc1ccccn1. The van der Waals surface area contributed by atoms with Crippen molar-refractivity contribution in [3.05, 3.63) is 35.8 Å². The molecule has 1 heterocycles. The lowest BCUT2D eigenvalue weighted by Gasteiger charge is -2.06. The Bertz CT molecular complexity index is 281. The number of hydrogen-bond donors (Lipinski definition) is 1. The second-order valence-corrected chi connectivity index (χ2v) is 2.58. The Morgan fingerprint density at radius 1 is 1.62 bits per heavy atom. The van der Waals surface area contributed by atoms with E-state index in [1.807, 2.05) is 12.1 Å². The molecule has 1 atom stereocenters. The van der Waals surface area contributed by atoms with Crippen LogP contribution in [0.15, 0.2) is 24.4 Å². The summed E-state index contributed by atoms with van der Waals surface area (Å²) >= 11 is 0. The lowest BCUT2D eigenvalue weighted by atomic mass is 10.3. The first-order chi connectivity index (χ1) is 6.33. The van der Waals surface area contributed by atoms with Crippen LogP contribution < -0.4 is 10.5 Å². The minimum Gasteiger partial charge on any atom is -0.476 e. The van der Waals surface area contributed by atoms with Crippen LogP contribution in [-0.4, -0.2) is 24.2 Å². The van der Waals surface area contributed by atoms with Gasteiger partial charge < -0.3 is 15.3 Å². The van der Waals surface area contributed by atoms with E-state index in [1.165, 1.54) is 0 Å². The van der Waals surface area contributed by atoms with E-state index in [9.17, 15) is 0 Å². The summed E-state index contributed by atoms with van der Waals surface area (Å²) in [5, 5.41) is 0. The molecular formula is C9H11N3O.